The summed E-state index contributed by atoms with van der Waals surface area (Å²) in [6.07, 6.45) is 2.28. The van der Waals surface area contributed by atoms with Gasteiger partial charge in [-0.25, -0.2) is 4.79 Å². The van der Waals surface area contributed by atoms with Crippen LogP contribution in [0.5, 0.6) is 0 Å². The monoisotopic (exact) mass is 199 g/mol. The Labute approximate surface area is 85.8 Å². The van der Waals surface area contributed by atoms with Crippen LogP contribution in [0.3, 0.4) is 0 Å². The second-order valence-corrected chi connectivity index (χ2v) is 4.27. The average Bonchev–Trinajstić information content (AvgIpc) is 2.17. The molecule has 82 valence electrons. The SMILES string of the molecule is CCNC(=O)NCC1(C)CCNCC1. The molecule has 0 spiro atoms. The zero-order chi connectivity index (χ0) is 10.4. The number of hydrogen-bond donors (Lipinski definition) is 3. The van der Waals surface area contributed by atoms with Crippen molar-refractivity contribution in [2.24, 2.45) is 5.41 Å². The highest BCUT2D eigenvalue weighted by atomic mass is 16.2. The molecule has 3 N–H and O–H groups in total. The van der Waals surface area contributed by atoms with Crippen LogP contribution < -0.4 is 16.0 Å². The molecule has 1 fully saturated rings. The second-order valence-electron chi connectivity index (χ2n) is 4.27. The highest BCUT2D eigenvalue weighted by Crippen LogP contribution is 2.26. The molecule has 0 aromatic heterocycles. The normalized spacial score (nSPS) is 20.1. The Hall–Kier alpha value is -0.770. The van der Waals surface area contributed by atoms with Gasteiger partial charge in [-0.2, -0.15) is 0 Å². The Morgan fingerprint density at radius 3 is 2.57 bits per heavy atom. The van der Waals surface area contributed by atoms with E-state index < -0.39 is 0 Å². The number of rotatable bonds is 3. The second kappa shape index (κ2) is 5.20. The predicted molar refractivity (Wildman–Crippen MR) is 57.3 cm³/mol. The standard InChI is InChI=1S/C10H21N3O/c1-3-12-9(14)13-8-10(2)4-6-11-7-5-10/h11H,3-8H2,1-2H3,(H2,12,13,14). The molecule has 0 aliphatic carbocycles. The van der Waals surface area contributed by atoms with Crippen molar-refractivity contribution in [3.63, 3.8) is 0 Å². The van der Waals surface area contributed by atoms with Gasteiger partial charge in [0, 0.05) is 13.1 Å². The van der Waals surface area contributed by atoms with E-state index in [0.29, 0.717) is 6.54 Å². The molecule has 0 aromatic rings. The summed E-state index contributed by atoms with van der Waals surface area (Å²) in [5.74, 6) is 0. The molecule has 0 saturated carbocycles. The zero-order valence-electron chi connectivity index (χ0n) is 9.15. The minimum absolute atomic E-state index is 0.0488. The minimum atomic E-state index is -0.0488. The maximum absolute atomic E-state index is 11.2. The summed E-state index contributed by atoms with van der Waals surface area (Å²) in [4.78, 5) is 11.2. The van der Waals surface area contributed by atoms with Crippen LogP contribution >= 0.6 is 0 Å². The van der Waals surface area contributed by atoms with Crippen LogP contribution in [0, 0.1) is 5.41 Å². The molecular weight excluding hydrogens is 178 g/mol. The van der Waals surface area contributed by atoms with Crippen molar-refractivity contribution < 1.29 is 4.79 Å². The maximum Gasteiger partial charge on any atom is 0.314 e. The van der Waals surface area contributed by atoms with Gasteiger partial charge in [-0.15, -0.1) is 0 Å². The number of piperidine rings is 1. The molecular formula is C10H21N3O. The van der Waals surface area contributed by atoms with E-state index in [2.05, 4.69) is 22.9 Å². The van der Waals surface area contributed by atoms with Gasteiger partial charge in [0.25, 0.3) is 0 Å². The third-order valence-electron chi connectivity index (χ3n) is 2.82. The fourth-order valence-corrected chi connectivity index (χ4v) is 1.72. The number of hydrogen-bond acceptors (Lipinski definition) is 2. The lowest BCUT2D eigenvalue weighted by molar-refractivity contribution is 0.207. The van der Waals surface area contributed by atoms with Crippen LogP contribution in [0.25, 0.3) is 0 Å². The fraction of sp³-hybridized carbons (Fsp3) is 0.900. The van der Waals surface area contributed by atoms with Gasteiger partial charge < -0.3 is 16.0 Å². The van der Waals surface area contributed by atoms with Crippen molar-refractivity contribution in [1.82, 2.24) is 16.0 Å². The molecule has 4 heteroatoms. The van der Waals surface area contributed by atoms with Crippen molar-refractivity contribution in [3.05, 3.63) is 0 Å². The first-order valence-electron chi connectivity index (χ1n) is 5.39. The van der Waals surface area contributed by atoms with Gasteiger partial charge in [0.1, 0.15) is 0 Å². The first-order valence-corrected chi connectivity index (χ1v) is 5.39. The molecule has 1 heterocycles. The molecule has 0 radical (unpaired) electrons. The van der Waals surface area contributed by atoms with E-state index in [0.717, 1.165) is 32.5 Å². The molecule has 1 aliphatic heterocycles. The maximum atomic E-state index is 11.2. The lowest BCUT2D eigenvalue weighted by atomic mass is 9.81. The van der Waals surface area contributed by atoms with Crippen LogP contribution in [0.4, 0.5) is 4.79 Å². The molecule has 1 rings (SSSR count). The highest BCUT2D eigenvalue weighted by molar-refractivity contribution is 5.73. The zero-order valence-corrected chi connectivity index (χ0v) is 9.15. The van der Waals surface area contributed by atoms with Gasteiger partial charge in [-0.3, -0.25) is 0 Å². The Morgan fingerprint density at radius 2 is 2.00 bits per heavy atom. The van der Waals surface area contributed by atoms with Crippen LogP contribution in [0.1, 0.15) is 26.7 Å². The van der Waals surface area contributed by atoms with Gasteiger partial charge in [-0.05, 0) is 38.3 Å². The fourth-order valence-electron chi connectivity index (χ4n) is 1.72. The van der Waals surface area contributed by atoms with Crippen LogP contribution in [0.2, 0.25) is 0 Å². The molecule has 4 nitrogen and oxygen atoms in total. The molecule has 14 heavy (non-hydrogen) atoms. The summed E-state index contributed by atoms with van der Waals surface area (Å²) >= 11 is 0. The summed E-state index contributed by atoms with van der Waals surface area (Å²) in [6.45, 7) is 7.75. The van der Waals surface area contributed by atoms with Crippen molar-refractivity contribution in [2.75, 3.05) is 26.2 Å². The van der Waals surface area contributed by atoms with Crippen LogP contribution in [0.15, 0.2) is 0 Å². The van der Waals surface area contributed by atoms with E-state index in [1.165, 1.54) is 0 Å². The van der Waals surface area contributed by atoms with Crippen LogP contribution in [-0.2, 0) is 0 Å². The number of urea groups is 1. The summed E-state index contributed by atoms with van der Waals surface area (Å²) in [5, 5.41) is 8.98. The molecule has 0 unspecified atom stereocenters. The number of carbonyl (C=O) groups excluding carboxylic acids is 1. The Balaban J connectivity index is 2.24. The summed E-state index contributed by atoms with van der Waals surface area (Å²) in [6, 6.07) is -0.0488. The predicted octanol–water partition coefficient (Wildman–Crippen LogP) is 0.695. The van der Waals surface area contributed by atoms with Gasteiger partial charge >= 0.3 is 6.03 Å². The topological polar surface area (TPSA) is 53.2 Å². The Morgan fingerprint density at radius 1 is 1.36 bits per heavy atom. The number of carbonyl (C=O) groups is 1. The van der Waals surface area contributed by atoms with E-state index in [4.69, 9.17) is 0 Å². The van der Waals surface area contributed by atoms with Gasteiger partial charge in [0.2, 0.25) is 0 Å². The number of nitrogens with one attached hydrogen (secondary N) is 3. The van der Waals surface area contributed by atoms with E-state index in [1.54, 1.807) is 0 Å². The quantitative estimate of drug-likeness (QED) is 0.626. The Kier molecular flexibility index (Phi) is 4.20. The van der Waals surface area contributed by atoms with E-state index in [9.17, 15) is 4.79 Å². The first kappa shape index (κ1) is 11.3. The third-order valence-corrected chi connectivity index (χ3v) is 2.82. The lowest BCUT2D eigenvalue weighted by Gasteiger charge is -2.34. The highest BCUT2D eigenvalue weighted by Gasteiger charge is 2.26. The van der Waals surface area contributed by atoms with Gasteiger partial charge in [0.05, 0.1) is 0 Å². The molecule has 1 saturated heterocycles. The summed E-state index contributed by atoms with van der Waals surface area (Å²) in [5.41, 5.74) is 0.274. The van der Waals surface area contributed by atoms with E-state index in [1.807, 2.05) is 6.92 Å². The summed E-state index contributed by atoms with van der Waals surface area (Å²) < 4.78 is 0. The number of amides is 2. The minimum Gasteiger partial charge on any atom is -0.338 e. The lowest BCUT2D eigenvalue weighted by Crippen LogP contribution is -2.45. The van der Waals surface area contributed by atoms with Gasteiger partial charge in [-0.1, -0.05) is 6.92 Å². The van der Waals surface area contributed by atoms with Crippen LogP contribution in [-0.4, -0.2) is 32.2 Å². The van der Waals surface area contributed by atoms with Gasteiger partial charge in [0.15, 0.2) is 0 Å². The summed E-state index contributed by atoms with van der Waals surface area (Å²) in [7, 11) is 0. The van der Waals surface area contributed by atoms with Crippen molar-refractivity contribution in [2.45, 2.75) is 26.7 Å². The van der Waals surface area contributed by atoms with Crippen molar-refractivity contribution in [3.8, 4) is 0 Å². The molecule has 0 bridgehead atoms. The molecule has 0 aromatic carbocycles. The van der Waals surface area contributed by atoms with E-state index >= 15 is 0 Å². The van der Waals surface area contributed by atoms with Crippen molar-refractivity contribution >= 4 is 6.03 Å². The third kappa shape index (κ3) is 3.54. The molecule has 1 aliphatic rings. The molecule has 2 amide bonds. The smallest absolute Gasteiger partial charge is 0.314 e. The molecule has 0 atom stereocenters. The average molecular weight is 199 g/mol. The first-order chi connectivity index (χ1) is 6.66. The van der Waals surface area contributed by atoms with Crippen molar-refractivity contribution in [1.29, 1.82) is 0 Å². The van der Waals surface area contributed by atoms with E-state index in [-0.39, 0.29) is 11.4 Å². The Bertz CT molecular complexity index is 188. The largest absolute Gasteiger partial charge is 0.338 e.